The van der Waals surface area contributed by atoms with Crippen molar-refractivity contribution in [2.45, 2.75) is 0 Å². The van der Waals surface area contributed by atoms with Gasteiger partial charge in [-0.15, -0.1) is 0 Å². The summed E-state index contributed by atoms with van der Waals surface area (Å²) in [5.41, 5.74) is 0.641. The van der Waals surface area contributed by atoms with E-state index in [9.17, 15) is 5.11 Å². The molecule has 0 saturated carbocycles. The van der Waals surface area contributed by atoms with Gasteiger partial charge in [-0.05, 0) is 4.98 Å². The standard InChI is InChI=1S/C10H8N2OS.Li/c13-9-4-2-1-3-8(9)7-12-10-11-5-6-14-10;/h1-7,13H;/q;-1. The Labute approximate surface area is 104 Å². The van der Waals surface area contributed by atoms with Crippen molar-refractivity contribution in [3.63, 3.8) is 0 Å². The first-order valence-corrected chi connectivity index (χ1v) is 4.99. The molecule has 0 saturated heterocycles. The number of nitrogens with one attached hydrogen (secondary N) is 1. The fraction of sp³-hybridized carbons (Fsp3) is 0. The molecular formula is C10H8LiN2OS-. The molecule has 1 aromatic heterocycles. The fourth-order valence-electron chi connectivity index (χ4n) is 1.03. The molecule has 0 aliphatic rings. The molecule has 72 valence electrons. The Morgan fingerprint density at radius 2 is 2.13 bits per heavy atom. The van der Waals surface area contributed by atoms with Crippen LogP contribution in [-0.2, 0) is 0 Å². The van der Waals surface area contributed by atoms with Crippen molar-refractivity contribution in [1.29, 1.82) is 0 Å². The molecule has 0 bridgehead atoms. The van der Waals surface area contributed by atoms with Crippen LogP contribution in [0.2, 0.25) is 0 Å². The van der Waals surface area contributed by atoms with Gasteiger partial charge in [0.25, 0.3) is 0 Å². The third-order valence-electron chi connectivity index (χ3n) is 1.70. The van der Waals surface area contributed by atoms with Gasteiger partial charge in [-0.3, -0.25) is 0 Å². The van der Waals surface area contributed by atoms with Crippen LogP contribution in [0.4, 0.5) is 5.13 Å². The fourth-order valence-corrected chi connectivity index (χ4v) is 1.53. The first kappa shape index (κ1) is 12.0. The van der Waals surface area contributed by atoms with E-state index in [0.717, 1.165) is 5.13 Å². The zero-order valence-electron chi connectivity index (χ0n) is 8.31. The smallest absolute Gasteiger partial charge is 0.379 e. The van der Waals surface area contributed by atoms with Crippen LogP contribution in [0.5, 0.6) is 5.75 Å². The maximum atomic E-state index is 11.3. The van der Waals surface area contributed by atoms with Gasteiger partial charge in [0.1, 0.15) is 0 Å². The molecule has 0 fully saturated rings. The van der Waals surface area contributed by atoms with Crippen LogP contribution in [0.25, 0.3) is 0 Å². The van der Waals surface area contributed by atoms with Crippen molar-refractivity contribution < 1.29 is 10.1 Å². The first-order chi connectivity index (χ1) is 6.86. The summed E-state index contributed by atoms with van der Waals surface area (Å²) >= 11 is 1.49. The molecule has 0 spiro atoms. The quantitative estimate of drug-likeness (QED) is 0.546. The van der Waals surface area contributed by atoms with Crippen molar-refractivity contribution >= 4 is 41.5 Å². The molecule has 0 aliphatic heterocycles. The average Bonchev–Trinajstić information content (AvgIpc) is 2.69. The number of aromatic nitrogens is 1. The predicted molar refractivity (Wildman–Crippen MR) is 59.5 cm³/mol. The zero-order chi connectivity index (χ0) is 9.80. The van der Waals surface area contributed by atoms with E-state index in [4.69, 9.17) is 0 Å². The molecule has 1 heterocycles. The number of nitrogens with zero attached hydrogens (tertiary/aromatic N) is 1. The number of hydrogen-bond donors (Lipinski definition) is 1. The summed E-state index contributed by atoms with van der Waals surface area (Å²) in [5.74, 6) is 0.0107. The van der Waals surface area contributed by atoms with Gasteiger partial charge in [0, 0.05) is 10.9 Å². The van der Waals surface area contributed by atoms with Gasteiger partial charge in [-0.1, -0.05) is 41.4 Å². The van der Waals surface area contributed by atoms with Gasteiger partial charge < -0.3 is 24.0 Å². The topological polar surface area (TPSA) is 49.9 Å². The molecule has 0 unspecified atom stereocenters. The molecule has 0 atom stereocenters. The van der Waals surface area contributed by atoms with Gasteiger partial charge in [0.05, 0.1) is 6.21 Å². The minimum Gasteiger partial charge on any atom is -1.00 e. The summed E-state index contributed by atoms with van der Waals surface area (Å²) in [4.78, 5) is 7.00. The Morgan fingerprint density at radius 1 is 1.33 bits per heavy atom. The third kappa shape index (κ3) is 3.21. The third-order valence-corrected chi connectivity index (χ3v) is 2.41. The molecule has 1 aromatic carbocycles. The Balaban J connectivity index is 0.00000112. The molecule has 2 rings (SSSR count). The SMILES string of the molecule is [Li-].[O-]c1ccccc1C=[NH+]c1nccs1. The van der Waals surface area contributed by atoms with E-state index < -0.39 is 0 Å². The molecule has 2 aromatic rings. The van der Waals surface area contributed by atoms with Crippen LogP contribution in [0.15, 0.2) is 35.8 Å². The van der Waals surface area contributed by atoms with Gasteiger partial charge in [-0.25, -0.2) is 4.99 Å². The summed E-state index contributed by atoms with van der Waals surface area (Å²) in [6.45, 7) is 0. The largest absolute Gasteiger partial charge is 1.00 e. The van der Waals surface area contributed by atoms with Gasteiger partial charge in [0.15, 0.2) is 6.20 Å². The summed E-state index contributed by atoms with van der Waals surface area (Å²) in [7, 11) is 0. The Bertz CT molecular complexity index is 442. The van der Waals surface area contributed by atoms with E-state index in [0.29, 0.717) is 5.56 Å². The Hall–Kier alpha value is -1.08. The van der Waals surface area contributed by atoms with E-state index >= 15 is 0 Å². The van der Waals surface area contributed by atoms with Gasteiger partial charge in [-0.2, -0.15) is 0 Å². The number of benzene rings is 1. The van der Waals surface area contributed by atoms with Crippen LogP contribution in [0, 0.1) is 0 Å². The Morgan fingerprint density at radius 3 is 2.80 bits per heavy atom. The van der Waals surface area contributed by atoms with Crippen molar-refractivity contribution in [3.05, 3.63) is 41.4 Å². The minimum atomic E-state index is 0. The molecule has 0 amide bonds. The van der Waals surface area contributed by atoms with Gasteiger partial charge in [0.2, 0.25) is 0 Å². The average molecular weight is 211 g/mol. The molecule has 0 aliphatic carbocycles. The summed E-state index contributed by atoms with van der Waals surface area (Å²) in [5, 5.41) is 14.0. The monoisotopic (exact) mass is 211 g/mol. The van der Waals surface area contributed by atoms with E-state index in [1.807, 2.05) is 11.4 Å². The van der Waals surface area contributed by atoms with E-state index in [1.54, 1.807) is 24.5 Å². The first-order valence-electron chi connectivity index (χ1n) is 4.11. The van der Waals surface area contributed by atoms with E-state index in [1.165, 1.54) is 17.4 Å². The number of para-hydroxylation sites is 1. The van der Waals surface area contributed by atoms with Crippen LogP contribution in [0.3, 0.4) is 0 Å². The van der Waals surface area contributed by atoms with Crippen LogP contribution >= 0.6 is 11.3 Å². The maximum absolute atomic E-state index is 11.3. The second-order valence-corrected chi connectivity index (χ2v) is 3.56. The zero-order valence-corrected chi connectivity index (χ0v) is 9.12. The van der Waals surface area contributed by atoms with Gasteiger partial charge >= 0.3 is 5.13 Å². The number of thiazole rings is 1. The number of rotatable bonds is 2. The molecule has 15 heavy (non-hydrogen) atoms. The van der Waals surface area contributed by atoms with Crippen LogP contribution in [-0.4, -0.2) is 30.1 Å². The minimum absolute atomic E-state index is 0. The summed E-state index contributed by atoms with van der Waals surface area (Å²) < 4.78 is 0. The second kappa shape index (κ2) is 5.71. The molecule has 3 nitrogen and oxygen atoms in total. The summed E-state index contributed by atoms with van der Waals surface area (Å²) in [6.07, 6.45) is 3.38. The van der Waals surface area contributed by atoms with Crippen LogP contribution < -0.4 is 10.1 Å². The Kier molecular flexibility index (Phi) is 4.57. The molecule has 2 radical (unpaired) electrons. The van der Waals surface area contributed by atoms with Crippen molar-refractivity contribution in [2.24, 2.45) is 0 Å². The summed E-state index contributed by atoms with van der Waals surface area (Å²) in [6, 6.07) is 6.86. The van der Waals surface area contributed by atoms with Crippen molar-refractivity contribution in [3.8, 4) is 5.75 Å². The van der Waals surface area contributed by atoms with Crippen molar-refractivity contribution in [1.82, 2.24) is 4.98 Å². The molecule has 5 heteroatoms. The van der Waals surface area contributed by atoms with E-state index in [2.05, 4.69) is 9.98 Å². The maximum Gasteiger partial charge on any atom is 0.379 e. The molecular weight excluding hydrogens is 203 g/mol. The van der Waals surface area contributed by atoms with Crippen LogP contribution in [0.1, 0.15) is 5.56 Å². The second-order valence-electron chi connectivity index (χ2n) is 2.66. The predicted octanol–water partition coefficient (Wildman–Crippen LogP) is -0.333. The molecule has 1 N–H and O–H groups in total. The van der Waals surface area contributed by atoms with Crippen molar-refractivity contribution in [2.75, 3.05) is 0 Å². The number of hydrogen-bond acceptors (Lipinski definition) is 3. The van der Waals surface area contributed by atoms with E-state index in [-0.39, 0.29) is 24.6 Å². The normalized spacial score (nSPS) is 10.1.